The number of pyridine rings is 1. The maximum Gasteiger partial charge on any atom is 0.337 e. The molecule has 0 saturated heterocycles. The van der Waals surface area contributed by atoms with E-state index in [2.05, 4.69) is 15.0 Å². The highest BCUT2D eigenvalue weighted by Crippen LogP contribution is 2.21. The third-order valence-electron chi connectivity index (χ3n) is 2.15. The average Bonchev–Trinajstić information content (AvgIpc) is 2.77. The van der Waals surface area contributed by atoms with E-state index in [0.717, 1.165) is 0 Å². The van der Waals surface area contributed by atoms with Gasteiger partial charge in [0, 0.05) is 6.20 Å². The number of amides is 1. The number of nitrogens with two attached hydrogens (primary N) is 1. The van der Waals surface area contributed by atoms with Gasteiger partial charge in [0.15, 0.2) is 0 Å². The molecule has 0 aromatic carbocycles. The summed E-state index contributed by atoms with van der Waals surface area (Å²) in [6.07, 6.45) is 2.68. The minimum atomic E-state index is -1.15. The first-order valence-corrected chi connectivity index (χ1v) is 4.63. The predicted octanol–water partition coefficient (Wildman–Crippen LogP) is 0.269. The number of carbonyl (C=O) groups is 2. The lowest BCUT2D eigenvalue weighted by Crippen LogP contribution is -2.13. The Morgan fingerprint density at radius 2 is 2.06 bits per heavy atom. The normalized spacial score (nSPS) is 10.1. The molecule has 2 aromatic rings. The molecule has 0 aliphatic heterocycles. The molecule has 1 amide bonds. The summed E-state index contributed by atoms with van der Waals surface area (Å²) in [5.74, 6) is -1.87. The fraction of sp³-hybridized carbons (Fsp3) is 0. The molecule has 17 heavy (non-hydrogen) atoms. The van der Waals surface area contributed by atoms with Crippen LogP contribution in [0.1, 0.15) is 20.8 Å². The summed E-state index contributed by atoms with van der Waals surface area (Å²) in [4.78, 5) is 32.5. The lowest BCUT2D eigenvalue weighted by molar-refractivity contribution is 0.0697. The van der Waals surface area contributed by atoms with Gasteiger partial charge in [0.05, 0.1) is 11.9 Å². The number of primary amides is 1. The molecular formula is C10H8N4O3. The lowest BCUT2D eigenvalue weighted by Gasteiger charge is -2.02. The van der Waals surface area contributed by atoms with Crippen LogP contribution >= 0.6 is 0 Å². The number of carboxylic acid groups (broad SMARTS) is 1. The van der Waals surface area contributed by atoms with Gasteiger partial charge in [-0.2, -0.15) is 0 Å². The lowest BCUT2D eigenvalue weighted by atomic mass is 10.1. The Labute approximate surface area is 95.3 Å². The molecule has 0 aliphatic rings. The standard InChI is InChI=1S/C10H8N4O3/c11-9(15)8-7(13-4-14-8)6-5(10(16)17)2-1-3-12-6/h1-4H,(H2,11,15)(H,13,14)(H,16,17). The van der Waals surface area contributed by atoms with E-state index in [1.165, 1.54) is 24.7 Å². The number of aromatic amines is 1. The predicted molar refractivity (Wildman–Crippen MR) is 57.3 cm³/mol. The third-order valence-corrected chi connectivity index (χ3v) is 2.15. The number of nitrogens with zero attached hydrogens (tertiary/aromatic N) is 2. The fourth-order valence-electron chi connectivity index (χ4n) is 1.43. The van der Waals surface area contributed by atoms with Crippen molar-refractivity contribution in [2.24, 2.45) is 5.73 Å². The number of nitrogens with one attached hydrogen (secondary N) is 1. The minimum absolute atomic E-state index is 0.0335. The van der Waals surface area contributed by atoms with Crippen LogP contribution in [0.15, 0.2) is 24.7 Å². The average molecular weight is 232 g/mol. The summed E-state index contributed by atoms with van der Waals surface area (Å²) < 4.78 is 0. The summed E-state index contributed by atoms with van der Waals surface area (Å²) in [7, 11) is 0. The van der Waals surface area contributed by atoms with E-state index in [9.17, 15) is 9.59 Å². The molecule has 86 valence electrons. The van der Waals surface area contributed by atoms with Gasteiger partial charge < -0.3 is 15.8 Å². The quantitative estimate of drug-likeness (QED) is 0.701. The highest BCUT2D eigenvalue weighted by atomic mass is 16.4. The number of aromatic nitrogens is 3. The van der Waals surface area contributed by atoms with Crippen LogP contribution in [0.3, 0.4) is 0 Å². The highest BCUT2D eigenvalue weighted by molar-refractivity contribution is 6.00. The Kier molecular flexibility index (Phi) is 2.57. The Morgan fingerprint density at radius 3 is 2.71 bits per heavy atom. The molecule has 0 bridgehead atoms. The molecule has 2 rings (SSSR count). The molecule has 2 heterocycles. The van der Waals surface area contributed by atoms with Crippen molar-refractivity contribution in [2.45, 2.75) is 0 Å². The molecule has 0 saturated carbocycles. The van der Waals surface area contributed by atoms with Gasteiger partial charge >= 0.3 is 5.97 Å². The van der Waals surface area contributed by atoms with Crippen LogP contribution in [-0.4, -0.2) is 31.9 Å². The molecule has 0 aliphatic carbocycles. The summed E-state index contributed by atoms with van der Waals surface area (Å²) in [6, 6.07) is 2.87. The number of aromatic carboxylic acids is 1. The first-order valence-electron chi connectivity index (χ1n) is 4.63. The zero-order valence-corrected chi connectivity index (χ0v) is 8.54. The molecule has 4 N–H and O–H groups in total. The summed E-state index contributed by atoms with van der Waals surface area (Å²) in [5.41, 5.74) is 5.37. The van der Waals surface area contributed by atoms with E-state index in [-0.39, 0.29) is 22.6 Å². The van der Waals surface area contributed by atoms with Crippen LogP contribution in [-0.2, 0) is 0 Å². The summed E-state index contributed by atoms with van der Waals surface area (Å²) in [6.45, 7) is 0. The van der Waals surface area contributed by atoms with Crippen LogP contribution in [0.5, 0.6) is 0 Å². The van der Waals surface area contributed by atoms with Crippen molar-refractivity contribution in [1.82, 2.24) is 15.0 Å². The van der Waals surface area contributed by atoms with Crippen LogP contribution in [0, 0.1) is 0 Å². The smallest absolute Gasteiger partial charge is 0.337 e. The van der Waals surface area contributed by atoms with Crippen LogP contribution in [0.4, 0.5) is 0 Å². The fourth-order valence-corrected chi connectivity index (χ4v) is 1.43. The van der Waals surface area contributed by atoms with Gasteiger partial charge in [-0.05, 0) is 12.1 Å². The van der Waals surface area contributed by atoms with Gasteiger partial charge in [0.25, 0.3) is 5.91 Å². The van der Waals surface area contributed by atoms with Gasteiger partial charge in [-0.1, -0.05) is 0 Å². The van der Waals surface area contributed by atoms with Crippen molar-refractivity contribution in [1.29, 1.82) is 0 Å². The van der Waals surface area contributed by atoms with Crippen molar-refractivity contribution in [3.05, 3.63) is 35.9 Å². The summed E-state index contributed by atoms with van der Waals surface area (Å²) in [5, 5.41) is 9.00. The van der Waals surface area contributed by atoms with E-state index in [1.54, 1.807) is 0 Å². The van der Waals surface area contributed by atoms with Gasteiger partial charge in [-0.25, -0.2) is 9.78 Å². The molecule has 7 heteroatoms. The maximum absolute atomic E-state index is 11.1. The van der Waals surface area contributed by atoms with Crippen LogP contribution in [0.2, 0.25) is 0 Å². The van der Waals surface area contributed by atoms with Crippen molar-refractivity contribution in [3.8, 4) is 11.4 Å². The minimum Gasteiger partial charge on any atom is -0.478 e. The Hall–Kier alpha value is -2.70. The van der Waals surface area contributed by atoms with Crippen molar-refractivity contribution in [2.75, 3.05) is 0 Å². The first kappa shape index (κ1) is 10.8. The second-order valence-electron chi connectivity index (χ2n) is 3.20. The molecule has 2 aromatic heterocycles. The summed E-state index contributed by atoms with van der Waals surface area (Å²) >= 11 is 0. The molecule has 0 atom stereocenters. The van der Waals surface area contributed by atoms with Gasteiger partial charge in [0.1, 0.15) is 17.1 Å². The van der Waals surface area contributed by atoms with Crippen molar-refractivity contribution >= 4 is 11.9 Å². The molecule has 7 nitrogen and oxygen atoms in total. The van der Waals surface area contributed by atoms with E-state index in [4.69, 9.17) is 10.8 Å². The van der Waals surface area contributed by atoms with Crippen molar-refractivity contribution in [3.63, 3.8) is 0 Å². The monoisotopic (exact) mass is 232 g/mol. The zero-order valence-electron chi connectivity index (χ0n) is 8.54. The second-order valence-corrected chi connectivity index (χ2v) is 3.20. The third kappa shape index (κ3) is 1.85. The van der Waals surface area contributed by atoms with Gasteiger partial charge in [-0.15, -0.1) is 0 Å². The Bertz CT molecular complexity index is 591. The van der Waals surface area contributed by atoms with E-state index >= 15 is 0 Å². The number of hydrogen-bond donors (Lipinski definition) is 3. The molecule has 0 unspecified atom stereocenters. The SMILES string of the molecule is NC(=O)c1[nH]cnc1-c1ncccc1C(=O)O. The number of carbonyl (C=O) groups excluding carboxylic acids is 1. The van der Waals surface area contributed by atoms with Crippen LogP contribution in [0.25, 0.3) is 11.4 Å². The van der Waals surface area contributed by atoms with Gasteiger partial charge in [-0.3, -0.25) is 9.78 Å². The number of rotatable bonds is 3. The Balaban J connectivity index is 2.64. The maximum atomic E-state index is 11.1. The molecule has 0 radical (unpaired) electrons. The zero-order chi connectivity index (χ0) is 12.4. The number of carboxylic acids is 1. The molecule has 0 fully saturated rings. The number of H-pyrrole nitrogens is 1. The highest BCUT2D eigenvalue weighted by Gasteiger charge is 2.19. The number of hydrogen-bond acceptors (Lipinski definition) is 4. The van der Waals surface area contributed by atoms with E-state index in [1.807, 2.05) is 0 Å². The van der Waals surface area contributed by atoms with Gasteiger partial charge in [0.2, 0.25) is 0 Å². The topological polar surface area (TPSA) is 122 Å². The Morgan fingerprint density at radius 1 is 1.29 bits per heavy atom. The van der Waals surface area contributed by atoms with Crippen molar-refractivity contribution < 1.29 is 14.7 Å². The van der Waals surface area contributed by atoms with E-state index < -0.39 is 11.9 Å². The van der Waals surface area contributed by atoms with Crippen LogP contribution < -0.4 is 5.73 Å². The first-order chi connectivity index (χ1) is 8.11. The number of imidazole rings is 1. The van der Waals surface area contributed by atoms with E-state index in [0.29, 0.717) is 0 Å². The largest absolute Gasteiger partial charge is 0.478 e. The second kappa shape index (κ2) is 4.05. The molecular weight excluding hydrogens is 224 g/mol. The molecule has 0 spiro atoms.